The number of nitrogens with one attached hydrogen (secondary N) is 2. The molecule has 2 aromatic rings. The van der Waals surface area contributed by atoms with Crippen molar-refractivity contribution in [3.63, 3.8) is 0 Å². The summed E-state index contributed by atoms with van der Waals surface area (Å²) in [7, 11) is -3.87. The molecule has 4 rings (SSSR count). The van der Waals surface area contributed by atoms with Crippen molar-refractivity contribution in [3.05, 3.63) is 36.1 Å². The number of carbonyl (C=O) groups excluding carboxylic acids is 1. The first-order chi connectivity index (χ1) is 13.7. The van der Waals surface area contributed by atoms with E-state index in [4.69, 9.17) is 9.26 Å². The Bertz CT molecular complexity index is 1050. The number of amides is 1. The molecule has 1 amide bonds. The minimum Gasteiger partial charge on any atom is -0.481 e. The average molecular weight is 421 g/mol. The molecule has 10 nitrogen and oxygen atoms in total. The fourth-order valence-corrected chi connectivity index (χ4v) is 4.86. The zero-order valence-electron chi connectivity index (χ0n) is 15.4. The lowest BCUT2D eigenvalue weighted by Gasteiger charge is -2.23. The van der Waals surface area contributed by atoms with E-state index in [0.29, 0.717) is 24.3 Å². The van der Waals surface area contributed by atoms with E-state index in [9.17, 15) is 23.1 Å². The molecule has 0 aliphatic carbocycles. The Morgan fingerprint density at radius 2 is 1.79 bits per heavy atom. The molecule has 154 valence electrons. The molecule has 0 radical (unpaired) electrons. The van der Waals surface area contributed by atoms with Gasteiger partial charge in [0.05, 0.1) is 28.9 Å². The SMILES string of the molecule is Cc1cc(NS(=O)(=O)c2ccc(NC(=O)[C@H]3[C@@H](C(=O)O)[C@@H]4CC[C@H]3O4)cc2)no1. The molecule has 0 spiro atoms. The van der Waals surface area contributed by atoms with Gasteiger partial charge in [0.25, 0.3) is 10.0 Å². The number of benzene rings is 1. The number of fused-ring (bicyclic) bond motifs is 2. The fourth-order valence-electron chi connectivity index (χ4n) is 3.88. The van der Waals surface area contributed by atoms with Gasteiger partial charge in [-0.3, -0.25) is 14.3 Å². The van der Waals surface area contributed by atoms with E-state index in [0.717, 1.165) is 0 Å². The van der Waals surface area contributed by atoms with Crippen molar-refractivity contribution in [2.75, 3.05) is 10.0 Å². The summed E-state index contributed by atoms with van der Waals surface area (Å²) in [6, 6.07) is 6.98. The van der Waals surface area contributed by atoms with Gasteiger partial charge in [0, 0.05) is 11.8 Å². The summed E-state index contributed by atoms with van der Waals surface area (Å²) in [5, 5.41) is 15.7. The molecule has 0 unspecified atom stereocenters. The number of carboxylic acid groups (broad SMARTS) is 1. The predicted octanol–water partition coefficient (Wildman–Crippen LogP) is 1.60. The van der Waals surface area contributed by atoms with E-state index >= 15 is 0 Å². The lowest BCUT2D eigenvalue weighted by molar-refractivity contribution is -0.147. The molecule has 2 aliphatic rings. The van der Waals surface area contributed by atoms with E-state index in [-0.39, 0.29) is 10.7 Å². The number of nitrogens with zero attached hydrogens (tertiary/aromatic N) is 1. The molecule has 2 aliphatic heterocycles. The molecular weight excluding hydrogens is 402 g/mol. The van der Waals surface area contributed by atoms with Gasteiger partial charge in [-0.1, -0.05) is 5.16 Å². The van der Waals surface area contributed by atoms with Crippen LogP contribution in [0.1, 0.15) is 18.6 Å². The van der Waals surface area contributed by atoms with Gasteiger partial charge in [-0.05, 0) is 44.0 Å². The molecule has 2 saturated heterocycles. The van der Waals surface area contributed by atoms with Crippen LogP contribution in [-0.2, 0) is 24.3 Å². The summed E-state index contributed by atoms with van der Waals surface area (Å²) in [5.41, 5.74) is 0.359. The highest BCUT2D eigenvalue weighted by atomic mass is 32.2. The highest BCUT2D eigenvalue weighted by molar-refractivity contribution is 7.92. The molecule has 3 heterocycles. The number of aliphatic carboxylic acids is 1. The minimum absolute atomic E-state index is 0.0252. The van der Waals surface area contributed by atoms with Crippen molar-refractivity contribution in [2.24, 2.45) is 11.8 Å². The number of carbonyl (C=O) groups is 2. The van der Waals surface area contributed by atoms with Gasteiger partial charge in [0.1, 0.15) is 5.76 Å². The van der Waals surface area contributed by atoms with Crippen LogP contribution in [-0.4, -0.2) is 42.8 Å². The zero-order valence-corrected chi connectivity index (χ0v) is 16.2. The van der Waals surface area contributed by atoms with E-state index in [1.165, 1.54) is 30.3 Å². The van der Waals surface area contributed by atoms with Gasteiger partial charge in [0.2, 0.25) is 5.91 Å². The van der Waals surface area contributed by atoms with Crippen LogP contribution >= 0.6 is 0 Å². The maximum Gasteiger partial charge on any atom is 0.310 e. The van der Waals surface area contributed by atoms with Crippen LogP contribution in [0, 0.1) is 18.8 Å². The molecule has 11 heteroatoms. The van der Waals surface area contributed by atoms with Crippen LogP contribution in [0.5, 0.6) is 0 Å². The summed E-state index contributed by atoms with van der Waals surface area (Å²) >= 11 is 0. The summed E-state index contributed by atoms with van der Waals surface area (Å²) in [6.45, 7) is 1.64. The highest BCUT2D eigenvalue weighted by Gasteiger charge is 2.55. The van der Waals surface area contributed by atoms with Gasteiger partial charge in [0.15, 0.2) is 5.82 Å². The van der Waals surface area contributed by atoms with Crippen LogP contribution in [0.4, 0.5) is 11.5 Å². The Morgan fingerprint density at radius 1 is 1.14 bits per heavy atom. The Labute approximate surface area is 166 Å². The lowest BCUT2D eigenvalue weighted by Crippen LogP contribution is -2.40. The van der Waals surface area contributed by atoms with Crippen LogP contribution in [0.15, 0.2) is 39.8 Å². The first-order valence-electron chi connectivity index (χ1n) is 9.00. The lowest BCUT2D eigenvalue weighted by atomic mass is 9.78. The third-order valence-corrected chi connectivity index (χ3v) is 6.53. The normalized spacial score (nSPS) is 25.7. The van der Waals surface area contributed by atoms with Gasteiger partial charge < -0.3 is 19.7 Å². The van der Waals surface area contributed by atoms with Crippen LogP contribution in [0.25, 0.3) is 0 Å². The molecule has 2 fully saturated rings. The number of rotatable bonds is 6. The van der Waals surface area contributed by atoms with Crippen molar-refractivity contribution in [2.45, 2.75) is 36.9 Å². The van der Waals surface area contributed by atoms with Crippen molar-refractivity contribution in [1.82, 2.24) is 5.16 Å². The second-order valence-electron chi connectivity index (χ2n) is 7.12. The van der Waals surface area contributed by atoms with Gasteiger partial charge in [-0.25, -0.2) is 8.42 Å². The molecule has 3 N–H and O–H groups in total. The Morgan fingerprint density at radius 3 is 2.38 bits per heavy atom. The summed E-state index contributed by atoms with van der Waals surface area (Å²) < 4.78 is 37.5. The van der Waals surface area contributed by atoms with E-state index in [2.05, 4.69) is 15.2 Å². The maximum atomic E-state index is 12.6. The number of sulfonamides is 1. The average Bonchev–Trinajstić information content (AvgIpc) is 3.37. The molecule has 1 aromatic carbocycles. The molecule has 29 heavy (non-hydrogen) atoms. The third kappa shape index (κ3) is 3.70. The second kappa shape index (κ2) is 7.16. The fraction of sp³-hybridized carbons (Fsp3) is 0.389. The van der Waals surface area contributed by atoms with Crippen molar-refractivity contribution in [3.8, 4) is 0 Å². The van der Waals surface area contributed by atoms with Gasteiger partial charge >= 0.3 is 5.97 Å². The molecule has 4 atom stereocenters. The molecule has 1 aromatic heterocycles. The van der Waals surface area contributed by atoms with Crippen molar-refractivity contribution >= 4 is 33.4 Å². The molecule has 0 saturated carbocycles. The summed E-state index contributed by atoms with van der Waals surface area (Å²) in [6.07, 6.45) is 0.440. The van der Waals surface area contributed by atoms with Gasteiger partial charge in [-0.15, -0.1) is 0 Å². The van der Waals surface area contributed by atoms with Crippen LogP contribution in [0.2, 0.25) is 0 Å². The number of hydrogen-bond donors (Lipinski definition) is 3. The number of aryl methyl sites for hydroxylation is 1. The topological polar surface area (TPSA) is 148 Å². The van der Waals surface area contributed by atoms with Crippen molar-refractivity contribution in [1.29, 1.82) is 0 Å². The zero-order chi connectivity index (χ0) is 20.8. The predicted molar refractivity (Wildman–Crippen MR) is 99.6 cm³/mol. The van der Waals surface area contributed by atoms with Crippen LogP contribution in [0.3, 0.4) is 0 Å². The molecule has 2 bridgehead atoms. The largest absolute Gasteiger partial charge is 0.481 e. The van der Waals surface area contributed by atoms with Crippen molar-refractivity contribution < 1.29 is 32.4 Å². The van der Waals surface area contributed by atoms with Crippen LogP contribution < -0.4 is 10.0 Å². The number of anilines is 2. The quantitative estimate of drug-likeness (QED) is 0.637. The standard InChI is InChI=1S/C18H19N3O7S/c1-9-8-14(20-28-9)21-29(25,26)11-4-2-10(3-5-11)19-17(22)15-12-6-7-13(27-12)16(15)18(23)24/h2-5,8,12-13,15-16H,6-7H2,1H3,(H,19,22)(H,20,21)(H,23,24)/t12-,13+,15-,16+/m1/s1. The Hall–Kier alpha value is -2.92. The van der Waals surface area contributed by atoms with Gasteiger partial charge in [-0.2, -0.15) is 0 Å². The third-order valence-electron chi connectivity index (χ3n) is 5.16. The molecular formula is C18H19N3O7S. The number of ether oxygens (including phenoxy) is 1. The number of hydrogen-bond acceptors (Lipinski definition) is 7. The Kier molecular flexibility index (Phi) is 4.79. The minimum atomic E-state index is -3.87. The van der Waals surface area contributed by atoms with E-state index in [1.54, 1.807) is 6.92 Å². The van der Waals surface area contributed by atoms with E-state index in [1.807, 2.05) is 0 Å². The first kappa shape index (κ1) is 19.4. The summed E-state index contributed by atoms with van der Waals surface area (Å²) in [5.74, 6) is -2.61. The smallest absolute Gasteiger partial charge is 0.310 e. The first-order valence-corrected chi connectivity index (χ1v) is 10.5. The number of aromatic nitrogens is 1. The maximum absolute atomic E-state index is 12.6. The summed E-state index contributed by atoms with van der Waals surface area (Å²) in [4.78, 5) is 24.1. The van der Waals surface area contributed by atoms with E-state index < -0.39 is 45.9 Å². The second-order valence-corrected chi connectivity index (χ2v) is 8.80. The highest BCUT2D eigenvalue weighted by Crippen LogP contribution is 2.44. The Balaban J connectivity index is 1.45. The monoisotopic (exact) mass is 421 g/mol. The number of carboxylic acids is 1.